The van der Waals surface area contributed by atoms with Crippen LogP contribution in [-0.2, 0) is 16.6 Å². The molecule has 0 bridgehead atoms. The first-order chi connectivity index (χ1) is 17.7. The van der Waals surface area contributed by atoms with Crippen molar-refractivity contribution in [2.75, 3.05) is 47.5 Å². The summed E-state index contributed by atoms with van der Waals surface area (Å²) < 4.78 is 42.4. The highest BCUT2D eigenvalue weighted by Gasteiger charge is 2.19. The molecule has 0 radical (unpaired) electrons. The van der Waals surface area contributed by atoms with Crippen LogP contribution in [0.15, 0.2) is 60.9 Å². The normalized spacial score (nSPS) is 16.2. The van der Waals surface area contributed by atoms with Gasteiger partial charge < -0.3 is 20.1 Å². The lowest BCUT2D eigenvalue weighted by Crippen LogP contribution is -2.49. The molecule has 37 heavy (non-hydrogen) atoms. The van der Waals surface area contributed by atoms with Crippen molar-refractivity contribution in [3.05, 3.63) is 72.3 Å². The van der Waals surface area contributed by atoms with Gasteiger partial charge >= 0.3 is 0 Å². The third-order valence-corrected chi connectivity index (χ3v) is 7.78. The van der Waals surface area contributed by atoms with E-state index in [1.54, 1.807) is 25.4 Å². The highest BCUT2D eigenvalue weighted by Crippen LogP contribution is 2.27. The lowest BCUT2D eigenvalue weighted by molar-refractivity contribution is 0.478. The van der Waals surface area contributed by atoms with Crippen molar-refractivity contribution in [3.8, 4) is 0 Å². The topological polar surface area (TPSA) is 95.4 Å². The fraction of sp³-hybridized carbons (Fsp3) is 0.308. The number of aromatic nitrogens is 3. The van der Waals surface area contributed by atoms with E-state index in [0.29, 0.717) is 41.2 Å². The number of hydrogen-bond donors (Lipinski definition) is 2. The maximum atomic E-state index is 15.0. The first-order valence-corrected chi connectivity index (χ1v) is 13.9. The molecule has 4 aromatic rings. The van der Waals surface area contributed by atoms with Crippen LogP contribution in [0.4, 0.5) is 27.4 Å². The number of fused-ring (bicyclic) bond motifs is 1. The monoisotopic (exact) mass is 523 g/mol. The Hall–Kier alpha value is -3.70. The van der Waals surface area contributed by atoms with Crippen molar-refractivity contribution >= 4 is 44.1 Å². The summed E-state index contributed by atoms with van der Waals surface area (Å²) in [6, 6.07) is 14.7. The van der Waals surface area contributed by atoms with Gasteiger partial charge in [-0.25, -0.2) is 17.8 Å². The van der Waals surface area contributed by atoms with Gasteiger partial charge in [-0.1, -0.05) is 18.2 Å². The second-order valence-electron chi connectivity index (χ2n) is 9.37. The maximum absolute atomic E-state index is 15.0. The van der Waals surface area contributed by atoms with E-state index in [1.807, 2.05) is 41.1 Å². The molecule has 1 fully saturated rings. The van der Waals surface area contributed by atoms with Crippen molar-refractivity contribution in [2.24, 2.45) is 0 Å². The smallest absolute Gasteiger partial charge is 0.232 e. The standard InChI is InChI=1S/C26H30FN7O2S/c1-18-16-33(13-11-28-18)24-9-8-21(14-22(24)27)30-26-29-15-19-10-12-34(25(19)31-26)17-20-6-4-5-7-23(20)32(2)37(3,35)36/h4-10,12,14-15,18,28H,11,13,16-17H2,1-3H3,(H,29,30,31)/t18-/m0/s1. The molecule has 2 N–H and O–H groups in total. The van der Waals surface area contributed by atoms with Gasteiger partial charge in [0.2, 0.25) is 16.0 Å². The molecule has 3 heterocycles. The number of nitrogens with one attached hydrogen (secondary N) is 2. The Bertz CT molecular complexity index is 1540. The lowest BCUT2D eigenvalue weighted by Gasteiger charge is -2.33. The van der Waals surface area contributed by atoms with E-state index >= 15 is 0 Å². The number of hydrogen-bond acceptors (Lipinski definition) is 7. The second kappa shape index (κ2) is 9.98. The Balaban J connectivity index is 1.39. The molecule has 0 saturated carbocycles. The minimum Gasteiger partial charge on any atom is -0.366 e. The van der Waals surface area contributed by atoms with Gasteiger partial charge in [-0.2, -0.15) is 4.98 Å². The molecule has 11 heteroatoms. The van der Waals surface area contributed by atoms with Crippen molar-refractivity contribution in [1.29, 1.82) is 0 Å². The van der Waals surface area contributed by atoms with Crippen LogP contribution in [0.2, 0.25) is 0 Å². The highest BCUT2D eigenvalue weighted by molar-refractivity contribution is 7.92. The fourth-order valence-corrected chi connectivity index (χ4v) is 5.13. The van der Waals surface area contributed by atoms with Gasteiger partial charge in [0.1, 0.15) is 11.5 Å². The summed E-state index contributed by atoms with van der Waals surface area (Å²) in [5, 5.41) is 7.32. The summed E-state index contributed by atoms with van der Waals surface area (Å²) in [5.41, 5.74) is 3.26. The van der Waals surface area contributed by atoms with E-state index in [1.165, 1.54) is 16.6 Å². The van der Waals surface area contributed by atoms with Crippen LogP contribution < -0.4 is 19.8 Å². The van der Waals surface area contributed by atoms with E-state index in [9.17, 15) is 12.8 Å². The van der Waals surface area contributed by atoms with Crippen LogP contribution in [0.25, 0.3) is 11.0 Å². The van der Waals surface area contributed by atoms with Gasteiger partial charge in [-0.15, -0.1) is 0 Å². The van der Waals surface area contributed by atoms with Crippen LogP contribution in [-0.4, -0.2) is 61.9 Å². The average Bonchev–Trinajstić information content (AvgIpc) is 3.25. The summed E-state index contributed by atoms with van der Waals surface area (Å²) in [5.74, 6) is 0.0482. The Labute approximate surface area is 216 Å². The van der Waals surface area contributed by atoms with Crippen molar-refractivity contribution in [3.63, 3.8) is 0 Å². The lowest BCUT2D eigenvalue weighted by atomic mass is 10.2. The molecule has 0 spiro atoms. The van der Waals surface area contributed by atoms with Gasteiger partial charge in [0.05, 0.1) is 24.2 Å². The number of nitrogens with zero attached hydrogens (tertiary/aromatic N) is 5. The van der Waals surface area contributed by atoms with Crippen molar-refractivity contribution in [1.82, 2.24) is 19.9 Å². The predicted octanol–water partition coefficient (Wildman–Crippen LogP) is 3.56. The molecule has 1 saturated heterocycles. The number of piperazine rings is 1. The van der Waals surface area contributed by atoms with Crippen molar-refractivity contribution < 1.29 is 12.8 Å². The summed E-state index contributed by atoms with van der Waals surface area (Å²) >= 11 is 0. The van der Waals surface area contributed by atoms with E-state index in [2.05, 4.69) is 32.4 Å². The Morgan fingerprint density at radius 1 is 1.22 bits per heavy atom. The van der Waals surface area contributed by atoms with Gasteiger partial charge in [-0.05, 0) is 42.8 Å². The van der Waals surface area contributed by atoms with Crippen LogP contribution in [0, 0.1) is 5.82 Å². The third kappa shape index (κ3) is 5.37. The van der Waals surface area contributed by atoms with Crippen LogP contribution in [0.1, 0.15) is 12.5 Å². The molecular weight excluding hydrogens is 493 g/mol. The summed E-state index contributed by atoms with van der Waals surface area (Å²) in [7, 11) is -1.87. The number of halogens is 1. The Morgan fingerprint density at radius 3 is 2.78 bits per heavy atom. The maximum Gasteiger partial charge on any atom is 0.232 e. The van der Waals surface area contributed by atoms with Gasteiger partial charge in [-0.3, -0.25) is 4.31 Å². The Kier molecular flexibility index (Phi) is 6.74. The molecule has 5 rings (SSSR count). The van der Waals surface area contributed by atoms with Crippen LogP contribution in [0.5, 0.6) is 0 Å². The molecule has 9 nitrogen and oxygen atoms in total. The third-order valence-electron chi connectivity index (χ3n) is 6.58. The van der Waals surface area contributed by atoms with Gasteiger partial charge in [0.25, 0.3) is 0 Å². The Morgan fingerprint density at radius 2 is 2.03 bits per heavy atom. The average molecular weight is 524 g/mol. The van der Waals surface area contributed by atoms with E-state index in [0.717, 1.165) is 30.6 Å². The highest BCUT2D eigenvalue weighted by atomic mass is 32.2. The van der Waals surface area contributed by atoms with Gasteiger partial charge in [0.15, 0.2) is 0 Å². The molecule has 0 amide bonds. The number of rotatable bonds is 7. The number of sulfonamides is 1. The zero-order valence-electron chi connectivity index (χ0n) is 21.0. The van der Waals surface area contributed by atoms with E-state index < -0.39 is 10.0 Å². The van der Waals surface area contributed by atoms with Crippen LogP contribution in [0.3, 0.4) is 0 Å². The molecule has 1 aliphatic rings. The SMILES string of the molecule is C[C@H]1CN(c2ccc(Nc3ncc4ccn(Cc5ccccc5N(C)S(C)(=O)=O)c4n3)cc2F)CCN1. The number of para-hydroxylation sites is 1. The molecule has 0 aliphatic carbocycles. The van der Waals surface area contributed by atoms with E-state index in [-0.39, 0.29) is 5.82 Å². The zero-order chi connectivity index (χ0) is 26.2. The first kappa shape index (κ1) is 25.0. The quantitative estimate of drug-likeness (QED) is 0.383. The minimum atomic E-state index is -3.41. The molecule has 1 aliphatic heterocycles. The number of benzene rings is 2. The molecule has 0 unspecified atom stereocenters. The minimum absolute atomic E-state index is 0.296. The largest absolute Gasteiger partial charge is 0.366 e. The number of anilines is 4. The molecular formula is C26H30FN7O2S. The summed E-state index contributed by atoms with van der Waals surface area (Å²) in [6.07, 6.45) is 4.78. The first-order valence-electron chi connectivity index (χ1n) is 12.1. The molecule has 194 valence electrons. The van der Waals surface area contributed by atoms with Crippen molar-refractivity contribution in [2.45, 2.75) is 19.5 Å². The molecule has 2 aromatic carbocycles. The summed E-state index contributed by atoms with van der Waals surface area (Å²) in [6.45, 7) is 4.84. The zero-order valence-corrected chi connectivity index (χ0v) is 21.8. The van der Waals surface area contributed by atoms with E-state index in [4.69, 9.17) is 0 Å². The second-order valence-corrected chi connectivity index (χ2v) is 11.4. The van der Waals surface area contributed by atoms with Gasteiger partial charge in [0, 0.05) is 56.2 Å². The van der Waals surface area contributed by atoms with Crippen LogP contribution >= 0.6 is 0 Å². The molecule has 2 aromatic heterocycles. The predicted molar refractivity (Wildman–Crippen MR) is 146 cm³/mol. The summed E-state index contributed by atoms with van der Waals surface area (Å²) in [4.78, 5) is 11.1. The fourth-order valence-electron chi connectivity index (χ4n) is 4.59. The molecule has 1 atom stereocenters.